The summed E-state index contributed by atoms with van der Waals surface area (Å²) in [4.78, 5) is 0. The molecule has 0 saturated heterocycles. The van der Waals surface area contributed by atoms with Crippen LogP contribution < -0.4 is 0 Å². The number of hydrogen-bond donors (Lipinski definition) is 0. The van der Waals surface area contributed by atoms with E-state index in [1.165, 1.54) is 72.0 Å². The van der Waals surface area contributed by atoms with Crippen LogP contribution in [0.4, 0.5) is 0 Å². The lowest BCUT2D eigenvalue weighted by Gasteiger charge is -2.23. The van der Waals surface area contributed by atoms with Crippen LogP contribution in [0.15, 0.2) is 103 Å². The molecule has 8 rings (SSSR count). The molecule has 1 nitrogen and oxygen atoms in total. The van der Waals surface area contributed by atoms with Gasteiger partial charge in [0.25, 0.3) is 0 Å². The van der Waals surface area contributed by atoms with E-state index in [4.69, 9.17) is 0 Å². The van der Waals surface area contributed by atoms with Crippen molar-refractivity contribution in [2.45, 2.75) is 38.5 Å². The van der Waals surface area contributed by atoms with E-state index in [2.05, 4.69) is 135 Å². The number of rotatable bonds is 1. The van der Waals surface area contributed by atoms with Gasteiger partial charge in [0.05, 0.1) is 11.0 Å². The van der Waals surface area contributed by atoms with E-state index in [1.807, 2.05) is 0 Å². The summed E-state index contributed by atoms with van der Waals surface area (Å²) in [6.07, 6.45) is 0. The molecule has 0 bridgehead atoms. The van der Waals surface area contributed by atoms with Gasteiger partial charge in [-0.05, 0) is 57.1 Å². The highest BCUT2D eigenvalue weighted by atomic mass is 15.0. The SMILES string of the molecule is CC1(C)c2ccccc2-c2ccc(-n3c4ccccc4c4ccc5c(c43)-c3ccccc3C5(C)C)cc21. The van der Waals surface area contributed by atoms with Gasteiger partial charge in [0.1, 0.15) is 0 Å². The van der Waals surface area contributed by atoms with E-state index in [0.29, 0.717) is 0 Å². The molecule has 37 heavy (non-hydrogen) atoms. The molecule has 0 spiro atoms. The molecule has 178 valence electrons. The van der Waals surface area contributed by atoms with Crippen molar-refractivity contribution in [1.82, 2.24) is 4.57 Å². The zero-order chi connectivity index (χ0) is 25.1. The Bertz CT molecular complexity index is 1930. The third-order valence-corrected chi connectivity index (χ3v) is 9.21. The van der Waals surface area contributed by atoms with Crippen molar-refractivity contribution in [1.29, 1.82) is 0 Å². The summed E-state index contributed by atoms with van der Waals surface area (Å²) in [5.41, 5.74) is 14.9. The fourth-order valence-electron chi connectivity index (χ4n) is 7.34. The standard InChI is InChI=1S/C36H29N/c1-35(2)29-15-9-6-13-27(29)33-30(35)20-19-26-25-12-7-10-16-32(25)37(34(26)33)22-17-18-24-23-11-5-8-14-28(23)36(3,4)31(24)21-22/h5-21H,1-4H3. The normalized spacial score (nSPS) is 16.0. The van der Waals surface area contributed by atoms with Gasteiger partial charge in [0.15, 0.2) is 0 Å². The van der Waals surface area contributed by atoms with Crippen LogP contribution >= 0.6 is 0 Å². The zero-order valence-electron chi connectivity index (χ0n) is 21.8. The van der Waals surface area contributed by atoms with Gasteiger partial charge in [-0.15, -0.1) is 0 Å². The third-order valence-electron chi connectivity index (χ3n) is 9.21. The second-order valence-corrected chi connectivity index (χ2v) is 11.8. The summed E-state index contributed by atoms with van der Waals surface area (Å²) in [6, 6.07) is 38.6. The fraction of sp³-hybridized carbons (Fsp3) is 0.167. The molecule has 0 atom stereocenters. The van der Waals surface area contributed by atoms with E-state index < -0.39 is 0 Å². The minimum Gasteiger partial charge on any atom is -0.309 e. The molecule has 2 aliphatic rings. The zero-order valence-corrected chi connectivity index (χ0v) is 21.8. The summed E-state index contributed by atoms with van der Waals surface area (Å²) in [7, 11) is 0. The van der Waals surface area contributed by atoms with Crippen LogP contribution in [0.25, 0.3) is 49.7 Å². The maximum Gasteiger partial charge on any atom is 0.0622 e. The van der Waals surface area contributed by atoms with E-state index in [0.717, 1.165) is 0 Å². The Hall–Kier alpha value is -4.10. The monoisotopic (exact) mass is 475 g/mol. The Morgan fingerprint density at radius 2 is 1.11 bits per heavy atom. The summed E-state index contributed by atoms with van der Waals surface area (Å²) in [5, 5.41) is 2.63. The number of benzene rings is 5. The molecular weight excluding hydrogens is 446 g/mol. The Labute approximate surface area is 218 Å². The molecule has 6 aromatic rings. The number of aromatic nitrogens is 1. The van der Waals surface area contributed by atoms with Crippen LogP contribution in [-0.2, 0) is 10.8 Å². The van der Waals surface area contributed by atoms with Crippen molar-refractivity contribution in [2.24, 2.45) is 0 Å². The van der Waals surface area contributed by atoms with Gasteiger partial charge >= 0.3 is 0 Å². The number of nitrogens with zero attached hydrogens (tertiary/aromatic N) is 1. The lowest BCUT2D eigenvalue weighted by Crippen LogP contribution is -2.15. The van der Waals surface area contributed by atoms with E-state index >= 15 is 0 Å². The molecule has 0 radical (unpaired) electrons. The average Bonchev–Trinajstić information content (AvgIpc) is 3.46. The molecule has 1 heterocycles. The predicted molar refractivity (Wildman–Crippen MR) is 156 cm³/mol. The van der Waals surface area contributed by atoms with Gasteiger partial charge in [-0.1, -0.05) is 113 Å². The summed E-state index contributed by atoms with van der Waals surface area (Å²) in [6.45, 7) is 9.46. The quantitative estimate of drug-likeness (QED) is 0.223. The van der Waals surface area contributed by atoms with Crippen molar-refractivity contribution >= 4 is 21.8 Å². The van der Waals surface area contributed by atoms with Gasteiger partial charge in [0, 0.05) is 32.9 Å². The molecule has 1 aromatic heterocycles. The lowest BCUT2D eigenvalue weighted by atomic mass is 9.82. The van der Waals surface area contributed by atoms with E-state index in [9.17, 15) is 0 Å². The van der Waals surface area contributed by atoms with Gasteiger partial charge in [-0.2, -0.15) is 0 Å². The second-order valence-electron chi connectivity index (χ2n) is 11.8. The Morgan fingerprint density at radius 1 is 0.486 bits per heavy atom. The maximum absolute atomic E-state index is 2.53. The minimum atomic E-state index is -0.0305. The van der Waals surface area contributed by atoms with Crippen LogP contribution in [-0.4, -0.2) is 4.57 Å². The van der Waals surface area contributed by atoms with Crippen LogP contribution in [0.5, 0.6) is 0 Å². The van der Waals surface area contributed by atoms with Crippen molar-refractivity contribution in [2.75, 3.05) is 0 Å². The predicted octanol–water partition coefficient (Wildman–Crippen LogP) is 9.40. The Kier molecular flexibility index (Phi) is 3.87. The molecule has 0 saturated carbocycles. The first-order valence-corrected chi connectivity index (χ1v) is 13.3. The van der Waals surface area contributed by atoms with Gasteiger partial charge in [-0.25, -0.2) is 0 Å². The van der Waals surface area contributed by atoms with Crippen LogP contribution in [0, 0.1) is 0 Å². The molecular formula is C36H29N. The highest BCUT2D eigenvalue weighted by Crippen LogP contribution is 2.54. The Balaban J connectivity index is 1.50. The molecule has 0 N–H and O–H groups in total. The van der Waals surface area contributed by atoms with Gasteiger partial charge < -0.3 is 4.57 Å². The number of hydrogen-bond acceptors (Lipinski definition) is 0. The van der Waals surface area contributed by atoms with E-state index in [1.54, 1.807) is 0 Å². The van der Waals surface area contributed by atoms with Gasteiger partial charge in [0.2, 0.25) is 0 Å². The van der Waals surface area contributed by atoms with Crippen molar-refractivity contribution in [3.8, 4) is 27.9 Å². The molecule has 0 fully saturated rings. The van der Waals surface area contributed by atoms with Gasteiger partial charge in [-0.3, -0.25) is 0 Å². The number of para-hydroxylation sites is 1. The smallest absolute Gasteiger partial charge is 0.0622 e. The molecule has 5 aromatic carbocycles. The average molecular weight is 476 g/mol. The Morgan fingerprint density at radius 3 is 1.92 bits per heavy atom. The summed E-state index contributed by atoms with van der Waals surface area (Å²) >= 11 is 0. The van der Waals surface area contributed by atoms with Crippen LogP contribution in [0.3, 0.4) is 0 Å². The first-order valence-electron chi connectivity index (χ1n) is 13.3. The minimum absolute atomic E-state index is 0.0248. The molecule has 0 amide bonds. The fourth-order valence-corrected chi connectivity index (χ4v) is 7.34. The second kappa shape index (κ2) is 6.81. The highest BCUT2D eigenvalue weighted by Gasteiger charge is 2.38. The molecule has 2 aliphatic carbocycles. The first-order chi connectivity index (χ1) is 17.9. The van der Waals surface area contributed by atoms with Crippen molar-refractivity contribution < 1.29 is 0 Å². The summed E-state index contributed by atoms with van der Waals surface area (Å²) in [5.74, 6) is 0. The third kappa shape index (κ3) is 2.50. The van der Waals surface area contributed by atoms with Crippen molar-refractivity contribution in [3.05, 3.63) is 125 Å². The lowest BCUT2D eigenvalue weighted by molar-refractivity contribution is 0.660. The number of fused-ring (bicyclic) bond motifs is 10. The first kappa shape index (κ1) is 21.0. The topological polar surface area (TPSA) is 4.93 Å². The van der Waals surface area contributed by atoms with Crippen LogP contribution in [0.2, 0.25) is 0 Å². The van der Waals surface area contributed by atoms with Crippen molar-refractivity contribution in [3.63, 3.8) is 0 Å². The van der Waals surface area contributed by atoms with Crippen LogP contribution in [0.1, 0.15) is 49.9 Å². The largest absolute Gasteiger partial charge is 0.309 e. The molecule has 0 aliphatic heterocycles. The summed E-state index contributed by atoms with van der Waals surface area (Å²) < 4.78 is 2.53. The molecule has 1 heteroatoms. The highest BCUT2D eigenvalue weighted by molar-refractivity contribution is 6.15. The maximum atomic E-state index is 2.53. The molecule has 0 unspecified atom stereocenters. The van der Waals surface area contributed by atoms with E-state index in [-0.39, 0.29) is 10.8 Å².